The molecule has 0 bridgehead atoms. The van der Waals surface area contributed by atoms with Crippen LogP contribution in [0.25, 0.3) is 0 Å². The second kappa shape index (κ2) is 8.38. The zero-order valence-corrected chi connectivity index (χ0v) is 16.9. The van der Waals surface area contributed by atoms with Crippen molar-refractivity contribution < 1.29 is 4.92 Å². The molecule has 1 unspecified atom stereocenters. The number of hydrogen-bond acceptors (Lipinski definition) is 2. The van der Waals surface area contributed by atoms with Crippen molar-refractivity contribution in [1.29, 1.82) is 0 Å². The van der Waals surface area contributed by atoms with Crippen LogP contribution in [-0.2, 0) is 0 Å². The fourth-order valence-corrected chi connectivity index (χ4v) is 9.35. The first-order valence-electron chi connectivity index (χ1n) is 9.59. The summed E-state index contributed by atoms with van der Waals surface area (Å²) >= 11 is 0. The molecule has 29 heavy (non-hydrogen) atoms. The molecule has 0 fully saturated rings. The van der Waals surface area contributed by atoms with Gasteiger partial charge in [0.2, 0.25) is 0 Å². The third-order valence-electron chi connectivity index (χ3n) is 5.42. The van der Waals surface area contributed by atoms with Crippen LogP contribution in [0.3, 0.4) is 0 Å². The third-order valence-corrected chi connectivity index (χ3v) is 10.5. The molecule has 0 saturated heterocycles. The molecule has 0 radical (unpaired) electrons. The summed E-state index contributed by atoms with van der Waals surface area (Å²) in [6, 6.07) is 39.4. The first-order chi connectivity index (χ1) is 14.2. The Morgan fingerprint density at radius 2 is 0.862 bits per heavy atom. The Hall–Kier alpha value is -3.29. The van der Waals surface area contributed by atoms with Gasteiger partial charge in [-0.2, -0.15) is 0 Å². The molecule has 0 spiro atoms. The molecule has 0 amide bonds. The van der Waals surface area contributed by atoms with Crippen molar-refractivity contribution in [3.05, 3.63) is 137 Å². The van der Waals surface area contributed by atoms with Crippen LogP contribution in [0.5, 0.6) is 0 Å². The molecule has 0 heterocycles. The maximum absolute atomic E-state index is 12.7. The van der Waals surface area contributed by atoms with Crippen molar-refractivity contribution in [3.63, 3.8) is 0 Å². The fourth-order valence-electron chi connectivity index (χ4n) is 4.24. The predicted molar refractivity (Wildman–Crippen MR) is 123 cm³/mol. The predicted octanol–water partition coefficient (Wildman–Crippen LogP) is 4.69. The summed E-state index contributed by atoms with van der Waals surface area (Å²) in [6.45, 7) is 0. The molecule has 4 aromatic carbocycles. The Morgan fingerprint density at radius 1 is 0.552 bits per heavy atom. The summed E-state index contributed by atoms with van der Waals surface area (Å²) in [5.74, 6) is -0.851. The molecule has 0 aliphatic rings. The van der Waals surface area contributed by atoms with E-state index in [4.69, 9.17) is 0 Å². The second-order valence-corrected chi connectivity index (χ2v) is 10.9. The number of nitrogens with zero attached hydrogens (tertiary/aromatic N) is 1. The van der Waals surface area contributed by atoms with Gasteiger partial charge in [0.05, 0.1) is 0 Å². The van der Waals surface area contributed by atoms with E-state index in [2.05, 4.69) is 0 Å². The topological polar surface area (TPSA) is 43.1 Å². The van der Waals surface area contributed by atoms with Crippen molar-refractivity contribution in [2.75, 3.05) is 0 Å². The number of benzene rings is 4. The van der Waals surface area contributed by atoms with Crippen molar-refractivity contribution in [3.8, 4) is 0 Å². The summed E-state index contributed by atoms with van der Waals surface area (Å²) in [5.41, 5.74) is 0.737. The number of hydrogen-bond donors (Lipinski definition) is 0. The Kier molecular flexibility index (Phi) is 5.50. The van der Waals surface area contributed by atoms with Gasteiger partial charge in [-0.25, -0.2) is 0 Å². The molecule has 144 valence electrons. The fraction of sp³-hybridized carbons (Fsp3) is 0.0400. The average Bonchev–Trinajstić information content (AvgIpc) is 2.79. The van der Waals surface area contributed by atoms with Crippen molar-refractivity contribution >= 4 is 23.2 Å². The number of nitro groups is 1. The molecule has 3 nitrogen and oxygen atoms in total. The van der Waals surface area contributed by atoms with Crippen LogP contribution in [0.2, 0.25) is 0 Å². The van der Waals surface area contributed by atoms with E-state index in [9.17, 15) is 10.1 Å². The molecule has 0 aromatic heterocycles. The Labute approximate surface area is 171 Å². The maximum atomic E-state index is 12.7. The monoisotopic (exact) mass is 399 g/mol. The van der Waals surface area contributed by atoms with Crippen LogP contribution in [0.1, 0.15) is 11.3 Å². The zero-order chi connectivity index (χ0) is 20.1. The van der Waals surface area contributed by atoms with E-state index < -0.39 is 13.0 Å². The molecule has 4 aromatic rings. The van der Waals surface area contributed by atoms with E-state index in [0.717, 1.165) is 21.5 Å². The first kappa shape index (κ1) is 19.0. The summed E-state index contributed by atoms with van der Waals surface area (Å²) in [6.07, 6.45) is 0. The van der Waals surface area contributed by atoms with Crippen LogP contribution < -0.4 is 15.9 Å². The quantitative estimate of drug-likeness (QED) is 0.268. The Balaban J connectivity index is 2.14. The van der Waals surface area contributed by atoms with E-state index in [-0.39, 0.29) is 4.92 Å². The van der Waals surface area contributed by atoms with Crippen LogP contribution >= 0.6 is 7.26 Å². The van der Waals surface area contributed by atoms with Gasteiger partial charge in [-0.3, -0.25) is 0 Å². The molecule has 1 atom stereocenters. The van der Waals surface area contributed by atoms with E-state index in [1.807, 2.05) is 121 Å². The molecular formula is C25H22NO2P. The standard InChI is InChI=1S/C25H22NO2P/c27-26(28)25(21-13-5-1-6-14-21)29(22-15-7-2-8-16-22,23-17-9-3-10-18-23)24-19-11-4-12-20-24/h1-20,25,29H. The number of rotatable bonds is 6. The van der Waals surface area contributed by atoms with Crippen molar-refractivity contribution in [2.45, 2.75) is 5.78 Å². The summed E-state index contributed by atoms with van der Waals surface area (Å²) < 4.78 is 0. The summed E-state index contributed by atoms with van der Waals surface area (Å²) in [4.78, 5) is 12.6. The molecule has 4 rings (SSSR count). The van der Waals surface area contributed by atoms with Gasteiger partial charge in [0.25, 0.3) is 0 Å². The van der Waals surface area contributed by atoms with Crippen LogP contribution in [0.15, 0.2) is 121 Å². The van der Waals surface area contributed by atoms with Crippen LogP contribution in [-0.4, -0.2) is 4.92 Å². The van der Waals surface area contributed by atoms with E-state index in [1.165, 1.54) is 0 Å². The van der Waals surface area contributed by atoms with Gasteiger partial charge in [-0.1, -0.05) is 0 Å². The van der Waals surface area contributed by atoms with Gasteiger partial charge in [0.1, 0.15) is 0 Å². The van der Waals surface area contributed by atoms with Crippen molar-refractivity contribution in [2.24, 2.45) is 0 Å². The summed E-state index contributed by atoms with van der Waals surface area (Å²) in [5, 5.41) is 15.8. The molecule has 0 aliphatic carbocycles. The van der Waals surface area contributed by atoms with Gasteiger partial charge < -0.3 is 0 Å². The van der Waals surface area contributed by atoms with Gasteiger partial charge in [0, 0.05) is 0 Å². The van der Waals surface area contributed by atoms with Crippen molar-refractivity contribution in [1.82, 2.24) is 0 Å². The average molecular weight is 399 g/mol. The molecular weight excluding hydrogens is 377 g/mol. The minimum atomic E-state index is -3.06. The van der Waals surface area contributed by atoms with Crippen LogP contribution in [0.4, 0.5) is 0 Å². The third kappa shape index (κ3) is 3.46. The minimum absolute atomic E-state index is 0.0887. The van der Waals surface area contributed by atoms with E-state index in [1.54, 1.807) is 0 Å². The van der Waals surface area contributed by atoms with Gasteiger partial charge in [-0.05, 0) is 0 Å². The molecule has 4 heteroatoms. The summed E-state index contributed by atoms with van der Waals surface area (Å²) in [7, 11) is -3.06. The van der Waals surface area contributed by atoms with E-state index in [0.29, 0.717) is 0 Å². The normalized spacial score (nSPS) is 12.8. The SMILES string of the molecule is O=[N+]([O-])C(c1ccccc1)[PH](c1ccccc1)(c1ccccc1)c1ccccc1. The van der Waals surface area contributed by atoms with E-state index >= 15 is 0 Å². The first-order valence-corrected chi connectivity index (χ1v) is 11.7. The van der Waals surface area contributed by atoms with Gasteiger partial charge in [-0.15, -0.1) is 0 Å². The van der Waals surface area contributed by atoms with Crippen LogP contribution in [0, 0.1) is 10.1 Å². The second-order valence-electron chi connectivity index (χ2n) is 7.00. The molecule has 0 N–H and O–H groups in total. The zero-order valence-electron chi connectivity index (χ0n) is 15.9. The van der Waals surface area contributed by atoms with Gasteiger partial charge in [0.15, 0.2) is 0 Å². The molecule has 0 aliphatic heterocycles. The van der Waals surface area contributed by atoms with Gasteiger partial charge >= 0.3 is 171 Å². The Morgan fingerprint density at radius 3 is 1.17 bits per heavy atom. The molecule has 0 saturated carbocycles. The Bertz CT molecular complexity index is 974.